The van der Waals surface area contributed by atoms with E-state index in [9.17, 15) is 9.59 Å². The predicted octanol–water partition coefficient (Wildman–Crippen LogP) is 3.49. The molecule has 0 bridgehead atoms. The standard InChI is InChI=1S/C30H38N6O2/c1-34-17-19-36(20-18-34)28-10-7-24-21-26(8-9-27(24)33-28)32-30(38)12-11-29(37)31-25-13-15-35(16-14-25)22-23-5-3-2-4-6-23/h2-10,21,25H,11-20,22H2,1H3,(H,31,37)(H,32,38). The number of benzene rings is 2. The van der Waals surface area contributed by atoms with E-state index in [2.05, 4.69) is 68.8 Å². The van der Waals surface area contributed by atoms with E-state index >= 15 is 0 Å². The van der Waals surface area contributed by atoms with Gasteiger partial charge in [0.15, 0.2) is 0 Å². The summed E-state index contributed by atoms with van der Waals surface area (Å²) in [6, 6.07) is 20.5. The number of fused-ring (bicyclic) bond motifs is 1. The maximum absolute atomic E-state index is 12.5. The fourth-order valence-corrected chi connectivity index (χ4v) is 5.23. The van der Waals surface area contributed by atoms with E-state index in [-0.39, 0.29) is 30.7 Å². The molecule has 8 heteroatoms. The number of rotatable bonds is 8. The van der Waals surface area contributed by atoms with Gasteiger partial charge in [0.1, 0.15) is 5.82 Å². The molecule has 0 aliphatic carbocycles. The molecule has 5 rings (SSSR count). The summed E-state index contributed by atoms with van der Waals surface area (Å²) in [6.07, 6.45) is 2.23. The molecular formula is C30H38N6O2. The second-order valence-corrected chi connectivity index (χ2v) is 10.5. The molecule has 1 aromatic heterocycles. The number of nitrogens with one attached hydrogen (secondary N) is 2. The van der Waals surface area contributed by atoms with E-state index in [0.29, 0.717) is 0 Å². The Bertz CT molecular complexity index is 1230. The largest absolute Gasteiger partial charge is 0.354 e. The zero-order valence-electron chi connectivity index (χ0n) is 22.2. The van der Waals surface area contributed by atoms with E-state index in [1.165, 1.54) is 5.56 Å². The molecule has 200 valence electrons. The van der Waals surface area contributed by atoms with Crippen molar-refractivity contribution >= 4 is 34.2 Å². The van der Waals surface area contributed by atoms with E-state index < -0.39 is 0 Å². The highest BCUT2D eigenvalue weighted by Gasteiger charge is 2.21. The molecule has 8 nitrogen and oxygen atoms in total. The number of nitrogens with zero attached hydrogens (tertiary/aromatic N) is 4. The summed E-state index contributed by atoms with van der Waals surface area (Å²) in [4.78, 5) is 36.9. The number of aromatic nitrogens is 1. The minimum Gasteiger partial charge on any atom is -0.354 e. The first kappa shape index (κ1) is 26.1. The van der Waals surface area contributed by atoms with Gasteiger partial charge in [-0.15, -0.1) is 0 Å². The number of amides is 2. The highest BCUT2D eigenvalue weighted by Crippen LogP contribution is 2.22. The number of likely N-dealkylation sites (tertiary alicyclic amines) is 1. The molecule has 2 N–H and O–H groups in total. The van der Waals surface area contributed by atoms with Gasteiger partial charge in [0.25, 0.3) is 0 Å². The molecule has 2 fully saturated rings. The second-order valence-electron chi connectivity index (χ2n) is 10.5. The van der Waals surface area contributed by atoms with Gasteiger partial charge in [-0.3, -0.25) is 14.5 Å². The summed E-state index contributed by atoms with van der Waals surface area (Å²) < 4.78 is 0. The summed E-state index contributed by atoms with van der Waals surface area (Å²) in [6.45, 7) is 6.91. The Morgan fingerprint density at radius 2 is 1.61 bits per heavy atom. The van der Waals surface area contributed by atoms with E-state index in [1.54, 1.807) is 0 Å². The van der Waals surface area contributed by atoms with E-state index in [0.717, 1.165) is 81.1 Å². The summed E-state index contributed by atoms with van der Waals surface area (Å²) in [5.74, 6) is 0.787. The third kappa shape index (κ3) is 7.08. The van der Waals surface area contributed by atoms with Gasteiger partial charge in [-0.25, -0.2) is 4.98 Å². The van der Waals surface area contributed by atoms with Gasteiger partial charge >= 0.3 is 0 Å². The smallest absolute Gasteiger partial charge is 0.224 e. The minimum absolute atomic E-state index is 0.0548. The third-order valence-electron chi connectivity index (χ3n) is 7.57. The topological polar surface area (TPSA) is 80.8 Å². The van der Waals surface area contributed by atoms with Crippen molar-refractivity contribution in [2.75, 3.05) is 56.5 Å². The zero-order chi connectivity index (χ0) is 26.3. The molecule has 2 aliphatic heterocycles. The van der Waals surface area contributed by atoms with Crippen LogP contribution < -0.4 is 15.5 Å². The molecule has 3 heterocycles. The van der Waals surface area contributed by atoms with Gasteiger partial charge in [0, 0.05) is 75.8 Å². The molecule has 0 radical (unpaired) electrons. The van der Waals surface area contributed by atoms with Crippen molar-refractivity contribution in [3.05, 3.63) is 66.2 Å². The zero-order valence-corrected chi connectivity index (χ0v) is 22.2. The van der Waals surface area contributed by atoms with Gasteiger partial charge in [0.05, 0.1) is 5.52 Å². The Balaban J connectivity index is 1.04. The van der Waals surface area contributed by atoms with Gasteiger partial charge in [-0.05, 0) is 55.8 Å². The first-order valence-corrected chi connectivity index (χ1v) is 13.7. The fraction of sp³-hybridized carbons (Fsp3) is 0.433. The molecule has 3 aromatic rings. The number of carbonyl (C=O) groups excluding carboxylic acids is 2. The van der Waals surface area contributed by atoms with Crippen LogP contribution in [0, 0.1) is 0 Å². The lowest BCUT2D eigenvalue weighted by molar-refractivity contribution is -0.125. The Labute approximate surface area is 225 Å². The van der Waals surface area contributed by atoms with Crippen LogP contribution >= 0.6 is 0 Å². The molecule has 2 amide bonds. The van der Waals surface area contributed by atoms with Crippen LogP contribution in [0.25, 0.3) is 10.9 Å². The van der Waals surface area contributed by atoms with Gasteiger partial charge in [-0.1, -0.05) is 30.3 Å². The SMILES string of the molecule is CN1CCN(c2ccc3cc(NC(=O)CCC(=O)NC4CCN(Cc5ccccc5)CC4)ccc3n2)CC1. The van der Waals surface area contributed by atoms with E-state index in [1.807, 2.05) is 24.3 Å². The quantitative estimate of drug-likeness (QED) is 0.479. The van der Waals surface area contributed by atoms with Crippen LogP contribution in [0.1, 0.15) is 31.2 Å². The van der Waals surface area contributed by atoms with Crippen LogP contribution in [0.3, 0.4) is 0 Å². The number of pyridine rings is 1. The number of piperidine rings is 1. The minimum atomic E-state index is -0.154. The lowest BCUT2D eigenvalue weighted by atomic mass is 10.0. The van der Waals surface area contributed by atoms with Crippen LogP contribution in [0.5, 0.6) is 0 Å². The van der Waals surface area contributed by atoms with E-state index in [4.69, 9.17) is 4.98 Å². The Morgan fingerprint density at radius 3 is 2.37 bits per heavy atom. The van der Waals surface area contributed by atoms with Crippen molar-refractivity contribution < 1.29 is 9.59 Å². The maximum atomic E-state index is 12.5. The first-order chi connectivity index (χ1) is 18.5. The Kier molecular flexibility index (Phi) is 8.51. The van der Waals surface area contributed by atoms with Crippen LogP contribution in [-0.2, 0) is 16.1 Å². The van der Waals surface area contributed by atoms with Crippen LogP contribution in [0.4, 0.5) is 11.5 Å². The molecule has 2 aromatic carbocycles. The predicted molar refractivity (Wildman–Crippen MR) is 152 cm³/mol. The average molecular weight is 515 g/mol. The monoisotopic (exact) mass is 514 g/mol. The van der Waals surface area contributed by atoms with Crippen LogP contribution in [0.15, 0.2) is 60.7 Å². The molecule has 38 heavy (non-hydrogen) atoms. The van der Waals surface area contributed by atoms with Crippen molar-refractivity contribution in [3.8, 4) is 0 Å². The van der Waals surface area contributed by atoms with Gasteiger partial charge in [0.2, 0.25) is 11.8 Å². The second kappa shape index (κ2) is 12.4. The van der Waals surface area contributed by atoms with Crippen molar-refractivity contribution in [1.82, 2.24) is 20.1 Å². The lowest BCUT2D eigenvalue weighted by Gasteiger charge is -2.33. The van der Waals surface area contributed by atoms with Crippen LogP contribution in [0.2, 0.25) is 0 Å². The maximum Gasteiger partial charge on any atom is 0.224 e. The summed E-state index contributed by atoms with van der Waals surface area (Å²) >= 11 is 0. The number of carbonyl (C=O) groups is 2. The number of hydrogen-bond donors (Lipinski definition) is 2. The average Bonchev–Trinajstić information content (AvgIpc) is 2.94. The first-order valence-electron chi connectivity index (χ1n) is 13.7. The molecule has 0 saturated carbocycles. The summed E-state index contributed by atoms with van der Waals surface area (Å²) in [7, 11) is 2.14. The summed E-state index contributed by atoms with van der Waals surface area (Å²) in [5, 5.41) is 7.04. The lowest BCUT2D eigenvalue weighted by Crippen LogP contribution is -2.44. The van der Waals surface area contributed by atoms with Crippen molar-refractivity contribution in [2.45, 2.75) is 38.3 Å². The molecular weight excluding hydrogens is 476 g/mol. The summed E-state index contributed by atoms with van der Waals surface area (Å²) in [5.41, 5.74) is 2.95. The third-order valence-corrected chi connectivity index (χ3v) is 7.57. The Morgan fingerprint density at radius 1 is 0.868 bits per heavy atom. The number of anilines is 2. The van der Waals surface area contributed by atoms with Crippen molar-refractivity contribution in [2.24, 2.45) is 0 Å². The molecule has 2 saturated heterocycles. The Hall–Kier alpha value is -3.49. The highest BCUT2D eigenvalue weighted by atomic mass is 16.2. The number of hydrogen-bond acceptors (Lipinski definition) is 6. The number of piperazine rings is 1. The highest BCUT2D eigenvalue weighted by molar-refractivity contribution is 5.95. The number of likely N-dealkylation sites (N-methyl/N-ethyl adjacent to an activating group) is 1. The van der Waals surface area contributed by atoms with Crippen molar-refractivity contribution in [3.63, 3.8) is 0 Å². The van der Waals surface area contributed by atoms with Crippen LogP contribution in [-0.4, -0.2) is 79.0 Å². The van der Waals surface area contributed by atoms with Crippen molar-refractivity contribution in [1.29, 1.82) is 0 Å². The molecule has 0 spiro atoms. The molecule has 0 unspecified atom stereocenters. The molecule has 0 atom stereocenters. The fourth-order valence-electron chi connectivity index (χ4n) is 5.23. The normalized spacial score (nSPS) is 17.4. The van der Waals surface area contributed by atoms with Gasteiger partial charge < -0.3 is 20.4 Å². The molecule has 2 aliphatic rings. The van der Waals surface area contributed by atoms with Gasteiger partial charge in [-0.2, -0.15) is 0 Å².